The highest BCUT2D eigenvalue weighted by Gasteiger charge is 2.41. The molecule has 1 heterocycles. The molecule has 72 valence electrons. The first-order valence-corrected chi connectivity index (χ1v) is 5.51. The molecule has 0 saturated carbocycles. The van der Waals surface area contributed by atoms with Gasteiger partial charge < -0.3 is 4.74 Å². The van der Waals surface area contributed by atoms with Crippen molar-refractivity contribution >= 4 is 21.9 Å². The van der Waals surface area contributed by atoms with Crippen molar-refractivity contribution in [2.45, 2.75) is 24.9 Å². The van der Waals surface area contributed by atoms with E-state index in [1.165, 1.54) is 11.1 Å². The van der Waals surface area contributed by atoms with E-state index < -0.39 is 0 Å². The minimum Gasteiger partial charge on any atom is -0.461 e. The van der Waals surface area contributed by atoms with Gasteiger partial charge in [0.1, 0.15) is 6.10 Å². The molecule has 0 aromatic heterocycles. The quantitative estimate of drug-likeness (QED) is 0.663. The van der Waals surface area contributed by atoms with E-state index in [0.717, 1.165) is 10.9 Å². The van der Waals surface area contributed by atoms with Crippen LogP contribution in [0, 0.1) is 0 Å². The SMILES string of the molecule is O=C1C[C@@H]2c3cc(Br)ccc3C[C@@H]2O1. The largest absolute Gasteiger partial charge is 0.461 e. The van der Waals surface area contributed by atoms with Crippen LogP contribution in [0.1, 0.15) is 23.5 Å². The summed E-state index contributed by atoms with van der Waals surface area (Å²) in [6, 6.07) is 6.27. The zero-order chi connectivity index (χ0) is 9.71. The number of hydrogen-bond donors (Lipinski definition) is 0. The van der Waals surface area contributed by atoms with E-state index in [0.29, 0.717) is 12.3 Å². The molecule has 2 aliphatic rings. The van der Waals surface area contributed by atoms with E-state index in [9.17, 15) is 4.79 Å². The average molecular weight is 253 g/mol. The molecule has 0 N–H and O–H groups in total. The van der Waals surface area contributed by atoms with Gasteiger partial charge >= 0.3 is 5.97 Å². The lowest BCUT2D eigenvalue weighted by molar-refractivity contribution is -0.141. The third-order valence-corrected chi connectivity index (χ3v) is 3.54. The molecular formula is C11H9BrO2. The maximum Gasteiger partial charge on any atom is 0.306 e. The van der Waals surface area contributed by atoms with Crippen molar-refractivity contribution in [3.63, 3.8) is 0 Å². The molecule has 0 radical (unpaired) electrons. The van der Waals surface area contributed by atoms with Crippen molar-refractivity contribution in [2.24, 2.45) is 0 Å². The van der Waals surface area contributed by atoms with Crippen LogP contribution in [-0.2, 0) is 16.0 Å². The van der Waals surface area contributed by atoms with Crippen LogP contribution in [0.4, 0.5) is 0 Å². The first-order chi connectivity index (χ1) is 6.74. The smallest absolute Gasteiger partial charge is 0.306 e. The molecule has 1 saturated heterocycles. The summed E-state index contributed by atoms with van der Waals surface area (Å²) in [7, 11) is 0. The van der Waals surface area contributed by atoms with Crippen LogP contribution >= 0.6 is 15.9 Å². The van der Waals surface area contributed by atoms with Gasteiger partial charge in [-0.2, -0.15) is 0 Å². The Kier molecular flexibility index (Phi) is 1.71. The van der Waals surface area contributed by atoms with E-state index in [-0.39, 0.29) is 12.1 Å². The molecule has 1 aromatic rings. The van der Waals surface area contributed by atoms with Crippen LogP contribution in [0.3, 0.4) is 0 Å². The highest BCUT2D eigenvalue weighted by atomic mass is 79.9. The molecule has 0 spiro atoms. The Bertz CT molecular complexity index is 414. The molecule has 0 amide bonds. The second kappa shape index (κ2) is 2.83. The van der Waals surface area contributed by atoms with Crippen LogP contribution < -0.4 is 0 Å². The monoisotopic (exact) mass is 252 g/mol. The molecule has 2 nitrogen and oxygen atoms in total. The van der Waals surface area contributed by atoms with Gasteiger partial charge in [-0.05, 0) is 23.3 Å². The van der Waals surface area contributed by atoms with Gasteiger partial charge in [0, 0.05) is 16.8 Å². The molecule has 3 rings (SSSR count). The Hall–Kier alpha value is -0.830. The Morgan fingerprint density at radius 3 is 3.07 bits per heavy atom. The number of ether oxygens (including phenoxy) is 1. The second-order valence-electron chi connectivity index (χ2n) is 3.89. The maximum atomic E-state index is 11.1. The Morgan fingerprint density at radius 2 is 2.21 bits per heavy atom. The molecule has 1 aromatic carbocycles. The first-order valence-electron chi connectivity index (χ1n) is 4.72. The lowest BCUT2D eigenvalue weighted by atomic mass is 9.99. The number of fused-ring (bicyclic) bond motifs is 3. The molecule has 1 fully saturated rings. The topological polar surface area (TPSA) is 26.3 Å². The van der Waals surface area contributed by atoms with Gasteiger partial charge in [-0.25, -0.2) is 0 Å². The summed E-state index contributed by atoms with van der Waals surface area (Å²) in [5, 5.41) is 0. The fourth-order valence-corrected chi connectivity index (χ4v) is 2.80. The van der Waals surface area contributed by atoms with Crippen molar-refractivity contribution in [3.8, 4) is 0 Å². The maximum absolute atomic E-state index is 11.1. The third kappa shape index (κ3) is 1.12. The van der Waals surface area contributed by atoms with Gasteiger partial charge in [0.15, 0.2) is 0 Å². The fraction of sp³-hybridized carbons (Fsp3) is 0.364. The predicted octanol–water partition coefficient (Wildman–Crippen LogP) is 2.40. The normalized spacial score (nSPS) is 28.5. The zero-order valence-corrected chi connectivity index (χ0v) is 9.08. The summed E-state index contributed by atoms with van der Waals surface area (Å²) in [4.78, 5) is 11.1. The molecule has 3 heteroatoms. The standard InChI is InChI=1S/C11H9BrO2/c12-7-2-1-6-3-10-9(8(6)4-7)5-11(13)14-10/h1-2,4,9-10H,3,5H2/t9-,10+/m1/s1. The number of hydrogen-bond acceptors (Lipinski definition) is 2. The lowest BCUT2D eigenvalue weighted by Gasteiger charge is -2.06. The Balaban J connectivity index is 2.07. The minimum atomic E-state index is -0.0503. The Labute approximate surface area is 90.4 Å². The van der Waals surface area contributed by atoms with Crippen LogP contribution in [0.2, 0.25) is 0 Å². The average Bonchev–Trinajstić information content (AvgIpc) is 2.62. The molecule has 2 atom stereocenters. The van der Waals surface area contributed by atoms with Gasteiger partial charge in [0.05, 0.1) is 6.42 Å². The summed E-state index contributed by atoms with van der Waals surface area (Å²) in [5.41, 5.74) is 2.62. The van der Waals surface area contributed by atoms with Gasteiger partial charge in [0.2, 0.25) is 0 Å². The molecule has 0 unspecified atom stereocenters. The van der Waals surface area contributed by atoms with Crippen molar-refractivity contribution in [3.05, 3.63) is 33.8 Å². The summed E-state index contributed by atoms with van der Waals surface area (Å²) in [6.07, 6.45) is 1.54. The summed E-state index contributed by atoms with van der Waals surface area (Å²) < 4.78 is 6.33. The predicted molar refractivity (Wildman–Crippen MR) is 55.1 cm³/mol. The van der Waals surface area contributed by atoms with Crippen molar-refractivity contribution in [1.29, 1.82) is 0 Å². The fourth-order valence-electron chi connectivity index (χ4n) is 2.42. The third-order valence-electron chi connectivity index (χ3n) is 3.05. The Morgan fingerprint density at radius 1 is 1.36 bits per heavy atom. The highest BCUT2D eigenvalue weighted by Crippen LogP contribution is 2.42. The van der Waals surface area contributed by atoms with Crippen molar-refractivity contribution in [2.75, 3.05) is 0 Å². The number of halogens is 1. The molecular weight excluding hydrogens is 244 g/mol. The van der Waals surface area contributed by atoms with Crippen LogP contribution in [0.25, 0.3) is 0 Å². The van der Waals surface area contributed by atoms with Gasteiger partial charge in [-0.3, -0.25) is 4.79 Å². The van der Waals surface area contributed by atoms with Crippen LogP contribution in [-0.4, -0.2) is 12.1 Å². The molecule has 1 aliphatic carbocycles. The van der Waals surface area contributed by atoms with Crippen molar-refractivity contribution < 1.29 is 9.53 Å². The lowest BCUT2D eigenvalue weighted by Crippen LogP contribution is -2.09. The number of benzene rings is 1. The van der Waals surface area contributed by atoms with E-state index in [1.807, 2.05) is 6.07 Å². The zero-order valence-electron chi connectivity index (χ0n) is 7.50. The molecule has 14 heavy (non-hydrogen) atoms. The van der Waals surface area contributed by atoms with Gasteiger partial charge in [0.25, 0.3) is 0 Å². The summed E-state index contributed by atoms with van der Waals surface area (Å²) in [5.74, 6) is 0.251. The van der Waals surface area contributed by atoms with Crippen molar-refractivity contribution in [1.82, 2.24) is 0 Å². The number of esters is 1. The van der Waals surface area contributed by atoms with Crippen LogP contribution in [0.15, 0.2) is 22.7 Å². The molecule has 1 aliphatic heterocycles. The van der Waals surface area contributed by atoms with Gasteiger partial charge in [-0.1, -0.05) is 22.0 Å². The molecule has 0 bridgehead atoms. The van der Waals surface area contributed by atoms with E-state index in [1.54, 1.807) is 0 Å². The first kappa shape index (κ1) is 8.48. The summed E-state index contributed by atoms with van der Waals surface area (Å²) in [6.45, 7) is 0. The number of carbonyl (C=O) groups is 1. The number of rotatable bonds is 0. The minimum absolute atomic E-state index is 0.0503. The highest BCUT2D eigenvalue weighted by molar-refractivity contribution is 9.10. The van der Waals surface area contributed by atoms with E-state index in [2.05, 4.69) is 28.1 Å². The number of carbonyl (C=O) groups excluding carboxylic acids is 1. The van der Waals surface area contributed by atoms with E-state index >= 15 is 0 Å². The van der Waals surface area contributed by atoms with E-state index in [4.69, 9.17) is 4.74 Å². The van der Waals surface area contributed by atoms with Gasteiger partial charge in [-0.15, -0.1) is 0 Å². The van der Waals surface area contributed by atoms with Crippen LogP contribution in [0.5, 0.6) is 0 Å². The summed E-state index contributed by atoms with van der Waals surface area (Å²) >= 11 is 3.45. The second-order valence-corrected chi connectivity index (χ2v) is 4.80.